The van der Waals surface area contributed by atoms with Crippen molar-refractivity contribution in [2.75, 3.05) is 25.0 Å². The first-order valence-corrected chi connectivity index (χ1v) is 9.94. The first-order valence-electron chi connectivity index (χ1n) is 8.80. The number of alkyl carbamates (subject to hydrolysis) is 1. The largest absolute Gasteiger partial charge is 0.445 e. The molecule has 0 atom stereocenters. The Kier molecular flexibility index (Phi) is 6.67. The average molecular weight is 456 g/mol. The molecule has 2 aromatic rings. The standard InChI is InChI=1S/C20H17Cl3N2O4/c21-20(22,23)11-29-19(28)25-10-4-9-24-15-8-3-7-14-16(15)18(27)13-6-2-1-5-12(13)17(14)26/h1-3,5-8,24H,4,9-11H2,(H,25,28). The summed E-state index contributed by atoms with van der Waals surface area (Å²) in [7, 11) is 0. The zero-order valence-corrected chi connectivity index (χ0v) is 17.4. The quantitative estimate of drug-likeness (QED) is 0.426. The lowest BCUT2D eigenvalue weighted by atomic mass is 9.83. The van der Waals surface area contributed by atoms with Crippen LogP contribution in [0.2, 0.25) is 0 Å². The minimum atomic E-state index is -1.66. The molecule has 1 aliphatic carbocycles. The number of carbonyl (C=O) groups excluding carboxylic acids is 3. The van der Waals surface area contributed by atoms with E-state index in [2.05, 4.69) is 10.6 Å². The number of ether oxygens (including phenoxy) is 1. The highest BCUT2D eigenvalue weighted by Gasteiger charge is 2.31. The van der Waals surface area contributed by atoms with Gasteiger partial charge in [-0.3, -0.25) is 9.59 Å². The molecular formula is C20H17Cl3N2O4. The molecule has 1 amide bonds. The number of rotatable bonds is 6. The van der Waals surface area contributed by atoms with Crippen molar-refractivity contribution in [3.05, 3.63) is 64.7 Å². The van der Waals surface area contributed by atoms with Crippen molar-refractivity contribution in [3.8, 4) is 0 Å². The van der Waals surface area contributed by atoms with E-state index in [9.17, 15) is 14.4 Å². The summed E-state index contributed by atoms with van der Waals surface area (Å²) in [6.07, 6.45) is -0.142. The highest BCUT2D eigenvalue weighted by atomic mass is 35.6. The van der Waals surface area contributed by atoms with Gasteiger partial charge in [0.25, 0.3) is 0 Å². The maximum atomic E-state index is 12.9. The molecule has 0 spiro atoms. The SMILES string of the molecule is O=C(NCCCNc1cccc2c1C(=O)c1ccccc1C2=O)OCC(Cl)(Cl)Cl. The topological polar surface area (TPSA) is 84.5 Å². The predicted molar refractivity (Wildman–Crippen MR) is 112 cm³/mol. The summed E-state index contributed by atoms with van der Waals surface area (Å²) in [5.41, 5.74) is 2.14. The molecule has 29 heavy (non-hydrogen) atoms. The molecule has 0 saturated carbocycles. The number of hydrogen-bond acceptors (Lipinski definition) is 5. The van der Waals surface area contributed by atoms with Crippen LogP contribution in [-0.4, -0.2) is 41.1 Å². The molecule has 2 N–H and O–H groups in total. The van der Waals surface area contributed by atoms with Crippen LogP contribution in [0, 0.1) is 0 Å². The molecule has 0 aliphatic heterocycles. The summed E-state index contributed by atoms with van der Waals surface area (Å²) in [4.78, 5) is 37.1. The van der Waals surface area contributed by atoms with Gasteiger partial charge in [-0.05, 0) is 12.5 Å². The number of amides is 1. The van der Waals surface area contributed by atoms with Gasteiger partial charge in [0.2, 0.25) is 3.79 Å². The summed E-state index contributed by atoms with van der Waals surface area (Å²) in [6, 6.07) is 11.9. The van der Waals surface area contributed by atoms with Crippen LogP contribution in [-0.2, 0) is 4.74 Å². The van der Waals surface area contributed by atoms with Crippen molar-refractivity contribution < 1.29 is 19.1 Å². The van der Waals surface area contributed by atoms with E-state index in [1.165, 1.54) is 0 Å². The van der Waals surface area contributed by atoms with Gasteiger partial charge in [0.05, 0.1) is 5.56 Å². The molecule has 0 saturated heterocycles. The first kappa shape index (κ1) is 21.4. The smallest absolute Gasteiger partial charge is 0.407 e. The normalized spacial score (nSPS) is 12.8. The van der Waals surface area contributed by atoms with Crippen LogP contribution in [0.5, 0.6) is 0 Å². The Morgan fingerprint density at radius 3 is 2.24 bits per heavy atom. The van der Waals surface area contributed by atoms with Crippen LogP contribution in [0.1, 0.15) is 38.3 Å². The Bertz CT molecular complexity index is 957. The Morgan fingerprint density at radius 1 is 0.897 bits per heavy atom. The van der Waals surface area contributed by atoms with Crippen LogP contribution in [0.3, 0.4) is 0 Å². The maximum absolute atomic E-state index is 12.9. The maximum Gasteiger partial charge on any atom is 0.407 e. The predicted octanol–water partition coefficient (Wildman–Crippen LogP) is 4.36. The number of carbonyl (C=O) groups is 3. The highest BCUT2D eigenvalue weighted by Crippen LogP contribution is 2.31. The fourth-order valence-corrected chi connectivity index (χ4v) is 3.16. The van der Waals surface area contributed by atoms with Crippen molar-refractivity contribution in [1.29, 1.82) is 0 Å². The second-order valence-corrected chi connectivity index (χ2v) is 8.85. The van der Waals surface area contributed by atoms with Crippen molar-refractivity contribution in [1.82, 2.24) is 5.32 Å². The zero-order valence-electron chi connectivity index (χ0n) is 15.1. The molecule has 2 aromatic carbocycles. The third-order valence-electron chi connectivity index (χ3n) is 4.26. The highest BCUT2D eigenvalue weighted by molar-refractivity contribution is 6.67. The fraction of sp³-hybridized carbons (Fsp3) is 0.250. The molecule has 9 heteroatoms. The summed E-state index contributed by atoms with van der Waals surface area (Å²) in [5, 5.41) is 5.69. The molecular weight excluding hydrogens is 439 g/mol. The molecule has 0 radical (unpaired) electrons. The molecule has 0 heterocycles. The Morgan fingerprint density at radius 2 is 1.55 bits per heavy atom. The second kappa shape index (κ2) is 9.03. The number of anilines is 1. The summed E-state index contributed by atoms with van der Waals surface area (Å²) >= 11 is 16.5. The number of fused-ring (bicyclic) bond motifs is 2. The van der Waals surface area contributed by atoms with E-state index >= 15 is 0 Å². The Hall–Kier alpha value is -2.28. The van der Waals surface area contributed by atoms with Gasteiger partial charge in [-0.25, -0.2) is 4.79 Å². The number of ketones is 2. The monoisotopic (exact) mass is 454 g/mol. The van der Waals surface area contributed by atoms with E-state index in [4.69, 9.17) is 39.5 Å². The van der Waals surface area contributed by atoms with E-state index < -0.39 is 9.89 Å². The van der Waals surface area contributed by atoms with Crippen LogP contribution in [0.15, 0.2) is 42.5 Å². The van der Waals surface area contributed by atoms with Gasteiger partial charge in [0, 0.05) is 35.5 Å². The number of benzene rings is 2. The van der Waals surface area contributed by atoms with Gasteiger partial charge in [-0.15, -0.1) is 0 Å². The van der Waals surface area contributed by atoms with E-state index in [0.717, 1.165) is 0 Å². The Balaban J connectivity index is 1.58. The first-order chi connectivity index (χ1) is 13.8. The molecule has 0 aromatic heterocycles. The van der Waals surface area contributed by atoms with Gasteiger partial charge in [0.1, 0.15) is 6.61 Å². The minimum absolute atomic E-state index is 0.169. The number of halogens is 3. The van der Waals surface area contributed by atoms with Crippen molar-refractivity contribution in [2.45, 2.75) is 10.2 Å². The molecule has 0 unspecified atom stereocenters. The van der Waals surface area contributed by atoms with Crippen molar-refractivity contribution in [2.24, 2.45) is 0 Å². The van der Waals surface area contributed by atoms with E-state index in [1.807, 2.05) is 0 Å². The number of nitrogens with one attached hydrogen (secondary N) is 2. The van der Waals surface area contributed by atoms with Crippen LogP contribution in [0.25, 0.3) is 0 Å². The third kappa shape index (κ3) is 5.21. The zero-order chi connectivity index (χ0) is 21.0. The number of hydrogen-bond donors (Lipinski definition) is 2. The molecule has 3 rings (SSSR count). The summed E-state index contributed by atoms with van der Waals surface area (Å²) in [6.45, 7) is 0.427. The van der Waals surface area contributed by atoms with Gasteiger partial charge in [0.15, 0.2) is 11.6 Å². The lowest BCUT2D eigenvalue weighted by Gasteiger charge is -2.20. The minimum Gasteiger partial charge on any atom is -0.445 e. The van der Waals surface area contributed by atoms with Gasteiger partial charge in [-0.2, -0.15) is 0 Å². The molecule has 6 nitrogen and oxygen atoms in total. The van der Waals surface area contributed by atoms with Gasteiger partial charge in [-0.1, -0.05) is 71.2 Å². The van der Waals surface area contributed by atoms with E-state index in [-0.39, 0.29) is 18.2 Å². The van der Waals surface area contributed by atoms with Crippen LogP contribution >= 0.6 is 34.8 Å². The lowest BCUT2D eigenvalue weighted by Crippen LogP contribution is -2.29. The van der Waals surface area contributed by atoms with Gasteiger partial charge >= 0.3 is 6.09 Å². The van der Waals surface area contributed by atoms with Gasteiger partial charge < -0.3 is 15.4 Å². The van der Waals surface area contributed by atoms with Crippen molar-refractivity contribution >= 4 is 58.1 Å². The van der Waals surface area contributed by atoms with E-state index in [0.29, 0.717) is 47.5 Å². The summed E-state index contributed by atoms with van der Waals surface area (Å²) < 4.78 is 3.10. The third-order valence-corrected chi connectivity index (χ3v) is 4.59. The van der Waals surface area contributed by atoms with Crippen LogP contribution in [0.4, 0.5) is 10.5 Å². The van der Waals surface area contributed by atoms with E-state index in [1.54, 1.807) is 42.5 Å². The lowest BCUT2D eigenvalue weighted by molar-refractivity contribution is 0.0979. The Labute approximate surface area is 182 Å². The molecule has 0 bridgehead atoms. The molecule has 1 aliphatic rings. The second-order valence-electron chi connectivity index (χ2n) is 6.33. The van der Waals surface area contributed by atoms with Crippen molar-refractivity contribution in [3.63, 3.8) is 0 Å². The fourth-order valence-electron chi connectivity index (χ4n) is 2.99. The summed E-state index contributed by atoms with van der Waals surface area (Å²) in [5.74, 6) is -0.357. The molecule has 0 fully saturated rings. The molecule has 152 valence electrons. The average Bonchev–Trinajstić information content (AvgIpc) is 2.69. The van der Waals surface area contributed by atoms with Crippen LogP contribution < -0.4 is 10.6 Å². The number of alkyl halides is 3.